The van der Waals surface area contributed by atoms with E-state index in [9.17, 15) is 0 Å². The third-order valence-electron chi connectivity index (χ3n) is 3.00. The molecule has 1 aromatic carbocycles. The van der Waals surface area contributed by atoms with E-state index in [0.717, 1.165) is 37.4 Å². The highest BCUT2D eigenvalue weighted by Gasteiger charge is 2.14. The molecular formula is C15H19NO2. The van der Waals surface area contributed by atoms with Gasteiger partial charge in [-0.2, -0.15) is 0 Å². The number of ether oxygens (including phenoxy) is 2. The molecule has 1 heterocycles. The van der Waals surface area contributed by atoms with E-state index in [1.807, 2.05) is 24.3 Å². The fraction of sp³-hybridized carbons (Fsp3) is 0.467. The minimum absolute atomic E-state index is 0.308. The molecule has 3 nitrogen and oxygen atoms in total. The first-order chi connectivity index (χ1) is 8.90. The zero-order chi connectivity index (χ0) is 12.6. The maximum absolute atomic E-state index is 5.57. The molecule has 96 valence electrons. The number of rotatable bonds is 6. The van der Waals surface area contributed by atoms with Crippen LogP contribution >= 0.6 is 0 Å². The molecule has 1 aliphatic heterocycles. The monoisotopic (exact) mass is 245 g/mol. The Morgan fingerprint density at radius 2 is 2.33 bits per heavy atom. The van der Waals surface area contributed by atoms with Crippen molar-refractivity contribution in [2.24, 2.45) is 0 Å². The summed E-state index contributed by atoms with van der Waals surface area (Å²) in [6, 6.07) is 7.95. The first-order valence-corrected chi connectivity index (χ1v) is 6.36. The topological polar surface area (TPSA) is 30.5 Å². The second-order valence-electron chi connectivity index (χ2n) is 4.37. The predicted octanol–water partition coefficient (Wildman–Crippen LogP) is 1.97. The van der Waals surface area contributed by atoms with Gasteiger partial charge in [0, 0.05) is 25.3 Å². The highest BCUT2D eigenvalue weighted by atomic mass is 16.5. The molecule has 0 aromatic heterocycles. The molecule has 2 rings (SSSR count). The van der Waals surface area contributed by atoms with Crippen LogP contribution in [0.1, 0.15) is 18.4 Å². The molecule has 1 aliphatic rings. The van der Waals surface area contributed by atoms with Crippen LogP contribution in [0.15, 0.2) is 24.3 Å². The van der Waals surface area contributed by atoms with Gasteiger partial charge in [0.2, 0.25) is 0 Å². The molecule has 3 heteroatoms. The smallest absolute Gasteiger partial charge is 0.148 e. The summed E-state index contributed by atoms with van der Waals surface area (Å²) < 4.78 is 11.1. The van der Waals surface area contributed by atoms with Crippen LogP contribution in [0, 0.1) is 12.3 Å². The molecule has 1 N–H and O–H groups in total. The van der Waals surface area contributed by atoms with E-state index in [-0.39, 0.29) is 0 Å². The molecule has 18 heavy (non-hydrogen) atoms. The van der Waals surface area contributed by atoms with Gasteiger partial charge in [-0.1, -0.05) is 24.1 Å². The summed E-state index contributed by atoms with van der Waals surface area (Å²) in [6.07, 6.45) is 7.90. The van der Waals surface area contributed by atoms with Gasteiger partial charge in [0.25, 0.3) is 0 Å². The fourth-order valence-electron chi connectivity index (χ4n) is 2.08. The third kappa shape index (κ3) is 3.76. The van der Waals surface area contributed by atoms with Gasteiger partial charge in [-0.05, 0) is 18.9 Å². The Morgan fingerprint density at radius 3 is 3.11 bits per heavy atom. The zero-order valence-corrected chi connectivity index (χ0v) is 10.5. The van der Waals surface area contributed by atoms with Crippen LogP contribution in [0.4, 0.5) is 0 Å². The minimum Gasteiger partial charge on any atom is -0.481 e. The molecule has 0 amide bonds. The van der Waals surface area contributed by atoms with Crippen LogP contribution in [-0.4, -0.2) is 25.9 Å². The van der Waals surface area contributed by atoms with Gasteiger partial charge in [-0.25, -0.2) is 0 Å². The Balaban J connectivity index is 1.82. The lowest BCUT2D eigenvalue weighted by Gasteiger charge is -2.13. The van der Waals surface area contributed by atoms with Gasteiger partial charge in [-0.3, -0.25) is 0 Å². The van der Waals surface area contributed by atoms with Crippen LogP contribution < -0.4 is 10.1 Å². The Kier molecular flexibility index (Phi) is 5.07. The SMILES string of the molecule is C#CCOc1ccccc1CNC[C@@H]1CCCO1. The van der Waals surface area contributed by atoms with Crippen molar-refractivity contribution in [1.82, 2.24) is 5.32 Å². The molecule has 1 atom stereocenters. The van der Waals surface area contributed by atoms with E-state index in [4.69, 9.17) is 15.9 Å². The number of terminal acetylenes is 1. The zero-order valence-electron chi connectivity index (χ0n) is 10.5. The second kappa shape index (κ2) is 7.05. The highest BCUT2D eigenvalue weighted by molar-refractivity contribution is 5.33. The maximum atomic E-state index is 5.57. The quantitative estimate of drug-likeness (QED) is 0.777. The summed E-state index contributed by atoms with van der Waals surface area (Å²) >= 11 is 0. The van der Waals surface area contributed by atoms with Crippen molar-refractivity contribution >= 4 is 0 Å². The Bertz CT molecular complexity index is 405. The van der Waals surface area contributed by atoms with Crippen molar-refractivity contribution in [1.29, 1.82) is 0 Å². The van der Waals surface area contributed by atoms with E-state index >= 15 is 0 Å². The first-order valence-electron chi connectivity index (χ1n) is 6.36. The van der Waals surface area contributed by atoms with Crippen LogP contribution in [-0.2, 0) is 11.3 Å². The Morgan fingerprint density at radius 1 is 1.44 bits per heavy atom. The van der Waals surface area contributed by atoms with Gasteiger partial charge in [0.1, 0.15) is 12.4 Å². The molecule has 0 saturated carbocycles. The number of para-hydroxylation sites is 1. The summed E-state index contributed by atoms with van der Waals surface area (Å²) in [4.78, 5) is 0. The predicted molar refractivity (Wildman–Crippen MR) is 71.5 cm³/mol. The van der Waals surface area contributed by atoms with Gasteiger partial charge in [0.05, 0.1) is 6.10 Å². The highest BCUT2D eigenvalue weighted by Crippen LogP contribution is 2.18. The van der Waals surface area contributed by atoms with Gasteiger partial charge >= 0.3 is 0 Å². The lowest BCUT2D eigenvalue weighted by atomic mass is 10.2. The number of benzene rings is 1. The van der Waals surface area contributed by atoms with Crippen molar-refractivity contribution < 1.29 is 9.47 Å². The third-order valence-corrected chi connectivity index (χ3v) is 3.00. The molecule has 0 unspecified atom stereocenters. The Hall–Kier alpha value is -1.50. The molecule has 0 spiro atoms. The van der Waals surface area contributed by atoms with E-state index in [2.05, 4.69) is 11.2 Å². The van der Waals surface area contributed by atoms with E-state index < -0.39 is 0 Å². The lowest BCUT2D eigenvalue weighted by Crippen LogP contribution is -2.26. The molecule has 1 fully saturated rings. The Labute approximate surface area is 108 Å². The molecule has 1 saturated heterocycles. The van der Waals surface area contributed by atoms with Crippen LogP contribution in [0.5, 0.6) is 5.75 Å². The summed E-state index contributed by atoms with van der Waals surface area (Å²) in [5, 5.41) is 3.40. The van der Waals surface area contributed by atoms with Gasteiger partial charge in [0.15, 0.2) is 0 Å². The summed E-state index contributed by atoms with van der Waals surface area (Å²) in [7, 11) is 0. The standard InChI is InChI=1S/C15H19NO2/c1-2-9-18-15-8-4-3-6-13(15)11-16-12-14-7-5-10-17-14/h1,3-4,6,8,14,16H,5,7,9-12H2/t14-/m0/s1. The average Bonchev–Trinajstić information content (AvgIpc) is 2.91. The van der Waals surface area contributed by atoms with Gasteiger partial charge in [-0.15, -0.1) is 6.42 Å². The van der Waals surface area contributed by atoms with Crippen LogP contribution in [0.25, 0.3) is 0 Å². The van der Waals surface area contributed by atoms with E-state index in [1.54, 1.807) is 0 Å². The lowest BCUT2D eigenvalue weighted by molar-refractivity contribution is 0.110. The van der Waals surface area contributed by atoms with Crippen LogP contribution in [0.2, 0.25) is 0 Å². The number of hydrogen-bond donors (Lipinski definition) is 1. The maximum Gasteiger partial charge on any atom is 0.148 e. The van der Waals surface area contributed by atoms with E-state index in [1.165, 1.54) is 6.42 Å². The molecular weight excluding hydrogens is 226 g/mol. The van der Waals surface area contributed by atoms with Gasteiger partial charge < -0.3 is 14.8 Å². The summed E-state index contributed by atoms with van der Waals surface area (Å²) in [5.74, 6) is 3.34. The average molecular weight is 245 g/mol. The molecule has 0 aliphatic carbocycles. The second-order valence-corrected chi connectivity index (χ2v) is 4.37. The minimum atomic E-state index is 0.308. The summed E-state index contributed by atoms with van der Waals surface area (Å²) in [6.45, 7) is 2.88. The van der Waals surface area contributed by atoms with Crippen molar-refractivity contribution in [3.63, 3.8) is 0 Å². The van der Waals surface area contributed by atoms with Crippen LogP contribution in [0.3, 0.4) is 0 Å². The van der Waals surface area contributed by atoms with Crippen molar-refractivity contribution in [3.8, 4) is 18.1 Å². The van der Waals surface area contributed by atoms with Crippen molar-refractivity contribution in [2.45, 2.75) is 25.5 Å². The molecule has 0 radical (unpaired) electrons. The normalized spacial score (nSPS) is 18.5. The van der Waals surface area contributed by atoms with Crippen molar-refractivity contribution in [2.75, 3.05) is 19.8 Å². The van der Waals surface area contributed by atoms with Crippen molar-refractivity contribution in [3.05, 3.63) is 29.8 Å². The first kappa shape index (κ1) is 12.9. The number of nitrogens with one attached hydrogen (secondary N) is 1. The molecule has 0 bridgehead atoms. The largest absolute Gasteiger partial charge is 0.481 e. The number of hydrogen-bond acceptors (Lipinski definition) is 3. The van der Waals surface area contributed by atoms with E-state index in [0.29, 0.717) is 12.7 Å². The molecule has 1 aromatic rings. The summed E-state index contributed by atoms with van der Waals surface area (Å²) in [5.41, 5.74) is 1.13. The fourth-order valence-corrected chi connectivity index (χ4v) is 2.08.